The van der Waals surface area contributed by atoms with E-state index in [1.807, 2.05) is 0 Å². The maximum absolute atomic E-state index is 13.6. The Kier molecular flexibility index (Phi) is 6.04. The molecule has 1 aliphatic rings. The molecular weight excluding hydrogens is 418 g/mol. The van der Waals surface area contributed by atoms with Crippen molar-refractivity contribution in [3.8, 4) is 0 Å². The summed E-state index contributed by atoms with van der Waals surface area (Å²) in [6.07, 6.45) is 1.30. The zero-order valence-electron chi connectivity index (χ0n) is 16.9. The lowest BCUT2D eigenvalue weighted by atomic mass is 10.1. The number of hydrogen-bond acceptors (Lipinski definition) is 6. The van der Waals surface area contributed by atoms with E-state index in [9.17, 15) is 18.4 Å². The molecule has 164 valence electrons. The normalized spacial score (nSPS) is 14.9. The molecule has 0 aliphatic carbocycles. The highest BCUT2D eigenvalue weighted by Gasteiger charge is 2.17. The van der Waals surface area contributed by atoms with Gasteiger partial charge in [0, 0.05) is 43.2 Å². The number of nitrogens with one attached hydrogen (secondary N) is 2. The Morgan fingerprint density at radius 2 is 1.75 bits per heavy atom. The fourth-order valence-corrected chi connectivity index (χ4v) is 3.44. The summed E-state index contributed by atoms with van der Waals surface area (Å²) in [5.41, 5.74) is 0.762. The highest BCUT2D eigenvalue weighted by molar-refractivity contribution is 6.38. The number of carbonyl (C=O) groups is 1. The Balaban J connectivity index is 1.55. The number of piperazine rings is 1. The van der Waals surface area contributed by atoms with E-state index in [4.69, 9.17) is 5.84 Å². The predicted molar refractivity (Wildman–Crippen MR) is 119 cm³/mol. The average Bonchev–Trinajstić information content (AvgIpc) is 2.81. The van der Waals surface area contributed by atoms with E-state index in [2.05, 4.69) is 20.4 Å². The molecule has 2 aromatic carbocycles. The van der Waals surface area contributed by atoms with Crippen molar-refractivity contribution >= 4 is 34.4 Å². The highest BCUT2D eigenvalue weighted by atomic mass is 19.2. The van der Waals surface area contributed by atoms with Crippen LogP contribution >= 0.6 is 0 Å². The molecule has 0 radical (unpaired) electrons. The van der Waals surface area contributed by atoms with Crippen molar-refractivity contribution in [2.75, 3.05) is 26.2 Å². The summed E-state index contributed by atoms with van der Waals surface area (Å²) >= 11 is 0. The van der Waals surface area contributed by atoms with Crippen LogP contribution in [0.5, 0.6) is 0 Å². The number of amides is 1. The van der Waals surface area contributed by atoms with E-state index >= 15 is 0 Å². The zero-order valence-corrected chi connectivity index (χ0v) is 16.9. The second-order valence-electron chi connectivity index (χ2n) is 7.23. The van der Waals surface area contributed by atoms with Crippen LogP contribution in [0.3, 0.4) is 0 Å². The summed E-state index contributed by atoms with van der Waals surface area (Å²) < 4.78 is 27.0. The SMILES string of the molecule is NN=C(C=Nc1ccc(C(=O)N2CCNCC2)cc1)c1cc2cc(F)c(F)cc2[nH]c1=O. The second-order valence-corrected chi connectivity index (χ2v) is 7.23. The summed E-state index contributed by atoms with van der Waals surface area (Å²) in [5, 5.41) is 7.08. The number of halogens is 2. The minimum atomic E-state index is -1.06. The molecule has 4 N–H and O–H groups in total. The minimum absolute atomic E-state index is 0.0439. The van der Waals surface area contributed by atoms with E-state index in [1.54, 1.807) is 29.2 Å². The summed E-state index contributed by atoms with van der Waals surface area (Å²) in [4.78, 5) is 33.5. The Hall–Kier alpha value is -3.92. The third-order valence-corrected chi connectivity index (χ3v) is 5.15. The smallest absolute Gasteiger partial charge is 0.258 e. The van der Waals surface area contributed by atoms with Gasteiger partial charge in [-0.2, -0.15) is 5.10 Å². The van der Waals surface area contributed by atoms with Crippen LogP contribution in [0.2, 0.25) is 0 Å². The zero-order chi connectivity index (χ0) is 22.7. The molecule has 0 spiro atoms. The Morgan fingerprint density at radius 3 is 2.44 bits per heavy atom. The van der Waals surface area contributed by atoms with E-state index in [0.29, 0.717) is 24.3 Å². The molecule has 0 saturated carbocycles. The summed E-state index contributed by atoms with van der Waals surface area (Å²) in [6.45, 7) is 2.85. The maximum atomic E-state index is 13.6. The monoisotopic (exact) mass is 438 g/mol. The molecule has 32 heavy (non-hydrogen) atoms. The van der Waals surface area contributed by atoms with Gasteiger partial charge in [0.2, 0.25) is 0 Å². The maximum Gasteiger partial charge on any atom is 0.258 e. The van der Waals surface area contributed by atoms with Gasteiger partial charge < -0.3 is 21.0 Å². The molecule has 2 heterocycles. The summed E-state index contributed by atoms with van der Waals surface area (Å²) in [6, 6.07) is 9.94. The first-order valence-corrected chi connectivity index (χ1v) is 9.91. The Bertz CT molecular complexity index is 1280. The van der Waals surface area contributed by atoms with Crippen molar-refractivity contribution in [1.82, 2.24) is 15.2 Å². The van der Waals surface area contributed by atoms with Crippen molar-refractivity contribution in [3.63, 3.8) is 0 Å². The lowest BCUT2D eigenvalue weighted by Gasteiger charge is -2.27. The molecule has 1 aliphatic heterocycles. The Morgan fingerprint density at radius 1 is 1.06 bits per heavy atom. The first kappa shape index (κ1) is 21.3. The number of hydrazone groups is 1. The van der Waals surface area contributed by atoms with Crippen LogP contribution in [0.1, 0.15) is 15.9 Å². The van der Waals surface area contributed by atoms with Gasteiger partial charge in [-0.05, 0) is 36.4 Å². The first-order chi connectivity index (χ1) is 15.5. The fourth-order valence-electron chi connectivity index (χ4n) is 3.44. The Labute approximate surface area is 181 Å². The third-order valence-electron chi connectivity index (χ3n) is 5.15. The van der Waals surface area contributed by atoms with E-state index in [-0.39, 0.29) is 28.1 Å². The van der Waals surface area contributed by atoms with Crippen LogP contribution < -0.4 is 16.7 Å². The van der Waals surface area contributed by atoms with Crippen LogP contribution in [0.25, 0.3) is 10.9 Å². The molecule has 1 fully saturated rings. The molecule has 0 bridgehead atoms. The molecule has 0 unspecified atom stereocenters. The van der Waals surface area contributed by atoms with Crippen molar-refractivity contribution in [2.45, 2.75) is 0 Å². The highest BCUT2D eigenvalue weighted by Crippen LogP contribution is 2.17. The molecular formula is C22H20F2N6O2. The number of rotatable bonds is 4. The molecule has 1 aromatic heterocycles. The molecule has 1 saturated heterocycles. The minimum Gasteiger partial charge on any atom is -0.336 e. The average molecular weight is 438 g/mol. The van der Waals surface area contributed by atoms with Crippen LogP contribution in [0.15, 0.2) is 57.4 Å². The first-order valence-electron chi connectivity index (χ1n) is 9.91. The number of nitrogens with two attached hydrogens (primary N) is 1. The van der Waals surface area contributed by atoms with Crippen LogP contribution in [-0.2, 0) is 0 Å². The van der Waals surface area contributed by atoms with Gasteiger partial charge in [0.1, 0.15) is 5.71 Å². The topological polar surface area (TPSA) is 116 Å². The lowest BCUT2D eigenvalue weighted by Crippen LogP contribution is -2.46. The number of pyridine rings is 1. The van der Waals surface area contributed by atoms with Crippen LogP contribution in [-0.4, -0.2) is 53.9 Å². The van der Waals surface area contributed by atoms with Crippen molar-refractivity contribution < 1.29 is 13.6 Å². The number of hydrogen-bond donors (Lipinski definition) is 3. The molecule has 10 heteroatoms. The summed E-state index contributed by atoms with van der Waals surface area (Å²) in [7, 11) is 0. The molecule has 8 nitrogen and oxygen atoms in total. The van der Waals surface area contributed by atoms with Crippen LogP contribution in [0, 0.1) is 11.6 Å². The van der Waals surface area contributed by atoms with Gasteiger partial charge >= 0.3 is 0 Å². The number of H-pyrrole nitrogens is 1. The standard InChI is InChI=1S/C22H20F2N6O2/c23-17-10-14-9-16(21(31)28-19(14)11-18(17)24)20(29-25)12-27-15-3-1-13(2-4-15)22(32)30-7-5-26-6-8-30/h1-4,9-12,26H,5-8,25H2,(H,28,31). The quantitative estimate of drug-likeness (QED) is 0.328. The molecule has 1 amide bonds. The van der Waals surface area contributed by atoms with Gasteiger partial charge in [0.25, 0.3) is 11.5 Å². The van der Waals surface area contributed by atoms with Gasteiger partial charge in [-0.1, -0.05) is 0 Å². The number of nitrogens with zero attached hydrogens (tertiary/aromatic N) is 3. The third kappa shape index (κ3) is 4.40. The molecule has 4 rings (SSSR count). The molecule has 3 aromatic rings. The second kappa shape index (κ2) is 9.06. The van der Waals surface area contributed by atoms with Crippen molar-refractivity contribution in [2.24, 2.45) is 15.9 Å². The van der Waals surface area contributed by atoms with E-state index in [1.165, 1.54) is 12.3 Å². The van der Waals surface area contributed by atoms with Gasteiger partial charge in [0.15, 0.2) is 11.6 Å². The largest absolute Gasteiger partial charge is 0.336 e. The number of aromatic amines is 1. The van der Waals surface area contributed by atoms with Gasteiger partial charge in [-0.15, -0.1) is 0 Å². The van der Waals surface area contributed by atoms with Crippen molar-refractivity contribution in [3.05, 3.63) is 75.6 Å². The lowest BCUT2D eigenvalue weighted by molar-refractivity contribution is 0.0736. The number of benzene rings is 2. The number of fused-ring (bicyclic) bond motifs is 1. The van der Waals surface area contributed by atoms with Crippen molar-refractivity contribution in [1.29, 1.82) is 0 Å². The van der Waals surface area contributed by atoms with Crippen LogP contribution in [0.4, 0.5) is 14.5 Å². The predicted octanol–water partition coefficient (Wildman–Crippen LogP) is 1.92. The summed E-state index contributed by atoms with van der Waals surface area (Å²) in [5.74, 6) is 3.30. The number of aromatic nitrogens is 1. The van der Waals surface area contributed by atoms with Gasteiger partial charge in [-0.25, -0.2) is 8.78 Å². The van der Waals surface area contributed by atoms with Gasteiger partial charge in [-0.3, -0.25) is 14.6 Å². The fraction of sp³-hybridized carbons (Fsp3) is 0.182. The molecule has 0 atom stereocenters. The van der Waals surface area contributed by atoms with E-state index < -0.39 is 17.2 Å². The number of carbonyl (C=O) groups excluding carboxylic acids is 1. The van der Waals surface area contributed by atoms with E-state index in [0.717, 1.165) is 25.2 Å². The van der Waals surface area contributed by atoms with Gasteiger partial charge in [0.05, 0.1) is 23.0 Å². The number of aliphatic imine (C=N–C) groups is 1.